The second-order valence-electron chi connectivity index (χ2n) is 5.30. The monoisotopic (exact) mass is 258 g/mol. The predicted octanol–water partition coefficient (Wildman–Crippen LogP) is 1.06. The van der Waals surface area contributed by atoms with E-state index in [9.17, 15) is 9.59 Å². The number of ether oxygens (including phenoxy) is 1. The van der Waals surface area contributed by atoms with Crippen LogP contribution in [0.4, 0.5) is 4.79 Å². The number of carbonyl (C=O) groups is 2. The number of hydrogen-bond acceptors (Lipinski definition) is 3. The van der Waals surface area contributed by atoms with Gasteiger partial charge in [0.1, 0.15) is 0 Å². The summed E-state index contributed by atoms with van der Waals surface area (Å²) in [6.45, 7) is 4.44. The van der Waals surface area contributed by atoms with Crippen molar-refractivity contribution in [1.29, 1.82) is 0 Å². The van der Waals surface area contributed by atoms with Crippen molar-refractivity contribution in [3.8, 4) is 0 Å². The van der Waals surface area contributed by atoms with Crippen LogP contribution in [0, 0.1) is 0 Å². The molecule has 0 radical (unpaired) electrons. The van der Waals surface area contributed by atoms with E-state index in [1.165, 1.54) is 0 Å². The van der Waals surface area contributed by atoms with Crippen LogP contribution in [0.5, 0.6) is 0 Å². The van der Waals surface area contributed by atoms with E-state index in [2.05, 4.69) is 5.32 Å². The Kier molecular flexibility index (Phi) is 4.95. The largest absolute Gasteiger partial charge is 0.481 e. The van der Waals surface area contributed by atoms with Gasteiger partial charge >= 0.3 is 12.0 Å². The first kappa shape index (κ1) is 14.8. The quantitative estimate of drug-likeness (QED) is 0.715. The number of amides is 2. The van der Waals surface area contributed by atoms with Gasteiger partial charge in [0, 0.05) is 25.2 Å². The summed E-state index contributed by atoms with van der Waals surface area (Å²) in [4.78, 5) is 24.5. The minimum atomic E-state index is -0.921. The molecule has 1 saturated carbocycles. The highest BCUT2D eigenvalue weighted by Crippen LogP contribution is 2.27. The highest BCUT2D eigenvalue weighted by molar-refractivity contribution is 5.77. The van der Waals surface area contributed by atoms with E-state index in [1.807, 2.05) is 0 Å². The van der Waals surface area contributed by atoms with Crippen molar-refractivity contribution < 1.29 is 19.4 Å². The van der Waals surface area contributed by atoms with Gasteiger partial charge in [-0.05, 0) is 26.7 Å². The first-order chi connectivity index (χ1) is 8.35. The number of carboxylic acids is 1. The summed E-state index contributed by atoms with van der Waals surface area (Å²) in [7, 11) is 1.59. The molecule has 1 rings (SSSR count). The molecule has 0 aromatic carbocycles. The van der Waals surface area contributed by atoms with Crippen molar-refractivity contribution in [2.45, 2.75) is 44.7 Å². The lowest BCUT2D eigenvalue weighted by molar-refractivity contribution is -0.138. The van der Waals surface area contributed by atoms with Gasteiger partial charge in [-0.2, -0.15) is 0 Å². The first-order valence-electron chi connectivity index (χ1n) is 6.15. The molecule has 0 saturated heterocycles. The maximum atomic E-state index is 12.1. The Morgan fingerprint density at radius 3 is 2.50 bits per heavy atom. The number of rotatable bonds is 7. The van der Waals surface area contributed by atoms with Crippen LogP contribution in [0.3, 0.4) is 0 Å². The standard InChI is InChI=1S/C12H22N2O4/c1-12(2,8-10(15)16)13-11(17)14(6-7-18-3)9-4-5-9/h9H,4-8H2,1-3H3,(H,13,17)(H,15,16). The summed E-state index contributed by atoms with van der Waals surface area (Å²) in [5.41, 5.74) is -0.747. The number of urea groups is 1. The zero-order chi connectivity index (χ0) is 13.8. The maximum Gasteiger partial charge on any atom is 0.318 e. The van der Waals surface area contributed by atoms with Crippen LogP contribution in [0.15, 0.2) is 0 Å². The van der Waals surface area contributed by atoms with E-state index >= 15 is 0 Å². The van der Waals surface area contributed by atoms with E-state index in [0.29, 0.717) is 13.2 Å². The average Bonchev–Trinajstić information content (AvgIpc) is 2.99. The van der Waals surface area contributed by atoms with Crippen molar-refractivity contribution in [2.75, 3.05) is 20.3 Å². The number of aliphatic carboxylic acids is 1. The topological polar surface area (TPSA) is 78.9 Å². The summed E-state index contributed by atoms with van der Waals surface area (Å²) in [5, 5.41) is 11.5. The summed E-state index contributed by atoms with van der Waals surface area (Å²) in [6, 6.07) is 0.0709. The molecule has 104 valence electrons. The molecule has 2 amide bonds. The Hall–Kier alpha value is -1.30. The molecule has 0 aliphatic heterocycles. The molecule has 0 spiro atoms. The number of hydrogen-bond donors (Lipinski definition) is 2. The fourth-order valence-corrected chi connectivity index (χ4v) is 1.81. The smallest absolute Gasteiger partial charge is 0.318 e. The molecule has 6 nitrogen and oxygen atoms in total. The van der Waals surface area contributed by atoms with Gasteiger partial charge in [-0.15, -0.1) is 0 Å². The minimum absolute atomic E-state index is 0.0957. The third-order valence-electron chi connectivity index (χ3n) is 2.82. The molecule has 0 unspecified atom stereocenters. The molecular weight excluding hydrogens is 236 g/mol. The summed E-state index contributed by atoms with van der Waals surface area (Å²) >= 11 is 0. The summed E-state index contributed by atoms with van der Waals surface area (Å²) < 4.78 is 4.98. The van der Waals surface area contributed by atoms with Gasteiger partial charge < -0.3 is 20.1 Å². The molecule has 0 aromatic rings. The van der Waals surface area contributed by atoms with Crippen molar-refractivity contribution in [2.24, 2.45) is 0 Å². The fraction of sp³-hybridized carbons (Fsp3) is 0.833. The van der Waals surface area contributed by atoms with E-state index in [4.69, 9.17) is 9.84 Å². The van der Waals surface area contributed by atoms with E-state index in [1.54, 1.807) is 25.9 Å². The van der Waals surface area contributed by atoms with E-state index in [0.717, 1.165) is 12.8 Å². The molecule has 0 aromatic heterocycles. The molecule has 1 aliphatic carbocycles. The second-order valence-corrected chi connectivity index (χ2v) is 5.30. The van der Waals surface area contributed by atoms with Crippen LogP contribution >= 0.6 is 0 Å². The average molecular weight is 258 g/mol. The number of nitrogens with zero attached hydrogens (tertiary/aromatic N) is 1. The lowest BCUT2D eigenvalue weighted by atomic mass is 10.0. The summed E-state index contributed by atoms with van der Waals surface area (Å²) in [5.74, 6) is -0.921. The Bertz CT molecular complexity index is 313. The van der Waals surface area contributed by atoms with Crippen LogP contribution in [-0.4, -0.2) is 53.8 Å². The second kappa shape index (κ2) is 6.04. The molecular formula is C12H22N2O4. The third-order valence-corrected chi connectivity index (χ3v) is 2.82. The molecule has 1 fully saturated rings. The van der Waals surface area contributed by atoms with Crippen LogP contribution < -0.4 is 5.32 Å². The predicted molar refractivity (Wildman–Crippen MR) is 66.5 cm³/mol. The Balaban J connectivity index is 2.52. The van der Waals surface area contributed by atoms with Crippen LogP contribution in [-0.2, 0) is 9.53 Å². The Morgan fingerprint density at radius 2 is 2.06 bits per heavy atom. The first-order valence-corrected chi connectivity index (χ1v) is 6.15. The number of nitrogens with one attached hydrogen (secondary N) is 1. The summed E-state index contributed by atoms with van der Waals surface area (Å²) in [6.07, 6.45) is 1.93. The van der Waals surface area contributed by atoms with E-state index in [-0.39, 0.29) is 18.5 Å². The Morgan fingerprint density at radius 1 is 1.44 bits per heavy atom. The third kappa shape index (κ3) is 4.91. The highest BCUT2D eigenvalue weighted by atomic mass is 16.5. The number of methoxy groups -OCH3 is 1. The zero-order valence-corrected chi connectivity index (χ0v) is 11.2. The van der Waals surface area contributed by atoms with Crippen LogP contribution in [0.1, 0.15) is 33.1 Å². The SMILES string of the molecule is COCCN(C(=O)NC(C)(C)CC(=O)O)C1CC1. The highest BCUT2D eigenvalue weighted by Gasteiger charge is 2.34. The maximum absolute atomic E-state index is 12.1. The van der Waals surface area contributed by atoms with Crippen molar-refractivity contribution in [1.82, 2.24) is 10.2 Å². The molecule has 18 heavy (non-hydrogen) atoms. The molecule has 2 N–H and O–H groups in total. The molecule has 0 heterocycles. The van der Waals surface area contributed by atoms with Crippen LogP contribution in [0.2, 0.25) is 0 Å². The van der Waals surface area contributed by atoms with Gasteiger partial charge in [0.25, 0.3) is 0 Å². The van der Waals surface area contributed by atoms with Gasteiger partial charge in [0.15, 0.2) is 0 Å². The van der Waals surface area contributed by atoms with Crippen molar-refractivity contribution in [3.63, 3.8) is 0 Å². The van der Waals surface area contributed by atoms with Gasteiger partial charge in [-0.1, -0.05) is 0 Å². The van der Waals surface area contributed by atoms with Crippen molar-refractivity contribution >= 4 is 12.0 Å². The van der Waals surface area contributed by atoms with Gasteiger partial charge in [0.05, 0.1) is 13.0 Å². The fourth-order valence-electron chi connectivity index (χ4n) is 1.81. The van der Waals surface area contributed by atoms with Crippen LogP contribution in [0.25, 0.3) is 0 Å². The van der Waals surface area contributed by atoms with Gasteiger partial charge in [0.2, 0.25) is 0 Å². The number of carbonyl (C=O) groups excluding carboxylic acids is 1. The van der Waals surface area contributed by atoms with Crippen molar-refractivity contribution in [3.05, 3.63) is 0 Å². The lowest BCUT2D eigenvalue weighted by Gasteiger charge is -2.30. The van der Waals surface area contributed by atoms with Gasteiger partial charge in [-0.25, -0.2) is 4.79 Å². The molecule has 0 bridgehead atoms. The van der Waals surface area contributed by atoms with E-state index < -0.39 is 11.5 Å². The minimum Gasteiger partial charge on any atom is -0.481 e. The normalized spacial score (nSPS) is 15.3. The molecule has 6 heteroatoms. The molecule has 1 aliphatic rings. The van der Waals surface area contributed by atoms with Gasteiger partial charge in [-0.3, -0.25) is 4.79 Å². The molecule has 0 atom stereocenters. The Labute approximate surface area is 107 Å². The zero-order valence-electron chi connectivity index (χ0n) is 11.2. The lowest BCUT2D eigenvalue weighted by Crippen LogP contribution is -2.52. The number of carboxylic acid groups (broad SMARTS) is 1.